The van der Waals surface area contributed by atoms with Gasteiger partial charge in [-0.25, -0.2) is 8.42 Å². The van der Waals surface area contributed by atoms with Gasteiger partial charge in [0.1, 0.15) is 5.82 Å². The monoisotopic (exact) mass is 497 g/mol. The van der Waals surface area contributed by atoms with E-state index < -0.39 is 10.0 Å². The molecule has 1 aromatic carbocycles. The van der Waals surface area contributed by atoms with Crippen LogP contribution in [0, 0.1) is 6.92 Å². The number of hydrogen-bond acceptors (Lipinski definition) is 6. The Morgan fingerprint density at radius 3 is 2.59 bits per heavy atom. The van der Waals surface area contributed by atoms with Crippen LogP contribution in [0.25, 0.3) is 0 Å². The number of thioether (sulfide) groups is 1. The number of carbonyl (C=O) groups is 1. The van der Waals surface area contributed by atoms with Crippen molar-refractivity contribution in [3.63, 3.8) is 0 Å². The maximum Gasteiger partial charge on any atom is 0.243 e. The topological polar surface area (TPSA) is 97.2 Å². The number of anilines is 1. The van der Waals surface area contributed by atoms with E-state index in [9.17, 15) is 13.2 Å². The van der Waals surface area contributed by atoms with Gasteiger partial charge in [-0.2, -0.15) is 4.31 Å². The van der Waals surface area contributed by atoms with Crippen molar-refractivity contribution in [3.8, 4) is 0 Å². The average molecular weight is 498 g/mol. The molecular weight excluding hydrogens is 470 g/mol. The van der Waals surface area contributed by atoms with Crippen LogP contribution in [0.5, 0.6) is 0 Å². The molecule has 1 saturated heterocycles. The van der Waals surface area contributed by atoms with Gasteiger partial charge in [-0.15, -0.1) is 10.2 Å². The van der Waals surface area contributed by atoms with Gasteiger partial charge in [-0.05, 0) is 50.8 Å². The molecule has 1 amide bonds. The summed E-state index contributed by atoms with van der Waals surface area (Å²) >= 11 is 7.57. The third-order valence-electron chi connectivity index (χ3n) is 6.02. The Morgan fingerprint density at radius 1 is 1.16 bits per heavy atom. The number of benzene rings is 1. The number of hydrogen-bond donors (Lipinski definition) is 1. The lowest BCUT2D eigenvalue weighted by Crippen LogP contribution is -2.28. The van der Waals surface area contributed by atoms with Crippen LogP contribution in [0.4, 0.5) is 5.69 Å². The molecule has 8 nitrogen and oxygen atoms in total. The predicted octanol–water partition coefficient (Wildman–Crippen LogP) is 4.26. The molecule has 4 rings (SSSR count). The highest BCUT2D eigenvalue weighted by atomic mass is 35.5. The van der Waals surface area contributed by atoms with E-state index in [0.717, 1.165) is 36.7 Å². The van der Waals surface area contributed by atoms with Gasteiger partial charge in [0.2, 0.25) is 15.9 Å². The Hall–Kier alpha value is -1.62. The van der Waals surface area contributed by atoms with Crippen molar-refractivity contribution in [3.05, 3.63) is 29.0 Å². The standard InChI is InChI=1S/C21H28ClN5O3S2/c1-15-24-25-21(27(15)16-7-3-2-4-8-16)31-14-20(28)23-19-13-17(9-10-18(19)22)32(29,30)26-11-5-6-12-26/h9-10,13,16H,2-8,11-12,14H2,1H3,(H,23,28). The maximum absolute atomic E-state index is 12.8. The maximum atomic E-state index is 12.8. The number of aromatic nitrogens is 3. The summed E-state index contributed by atoms with van der Waals surface area (Å²) in [5.41, 5.74) is 0.294. The van der Waals surface area contributed by atoms with E-state index in [1.165, 1.54) is 53.5 Å². The Bertz CT molecular complexity index is 1080. The summed E-state index contributed by atoms with van der Waals surface area (Å²) in [5.74, 6) is 0.718. The summed E-state index contributed by atoms with van der Waals surface area (Å²) in [5, 5.41) is 12.3. The molecule has 1 aromatic heterocycles. The Morgan fingerprint density at radius 2 is 1.88 bits per heavy atom. The molecule has 1 N–H and O–H groups in total. The molecule has 2 fully saturated rings. The molecule has 1 aliphatic carbocycles. The SMILES string of the molecule is Cc1nnc(SCC(=O)Nc2cc(S(=O)(=O)N3CCCC3)ccc2Cl)n1C1CCCCC1. The largest absolute Gasteiger partial charge is 0.324 e. The minimum atomic E-state index is -3.59. The third-order valence-corrected chi connectivity index (χ3v) is 9.19. The first-order chi connectivity index (χ1) is 15.4. The number of aryl methyl sites for hydroxylation is 1. The fraction of sp³-hybridized carbons (Fsp3) is 0.571. The summed E-state index contributed by atoms with van der Waals surface area (Å²) in [7, 11) is -3.59. The van der Waals surface area contributed by atoms with E-state index in [4.69, 9.17) is 11.6 Å². The molecule has 2 aliphatic rings. The molecule has 174 valence electrons. The summed E-state index contributed by atoms with van der Waals surface area (Å²) in [6.07, 6.45) is 7.58. The van der Waals surface area contributed by atoms with E-state index in [1.807, 2.05) is 6.92 Å². The second-order valence-corrected chi connectivity index (χ2v) is 11.6. The zero-order valence-corrected chi connectivity index (χ0v) is 20.5. The fourth-order valence-electron chi connectivity index (χ4n) is 4.36. The molecule has 0 unspecified atom stereocenters. The smallest absolute Gasteiger partial charge is 0.243 e. The van der Waals surface area contributed by atoms with Gasteiger partial charge in [0, 0.05) is 19.1 Å². The number of halogens is 1. The first-order valence-corrected chi connectivity index (χ1v) is 13.8. The molecule has 2 aromatic rings. The van der Waals surface area contributed by atoms with Crippen molar-refractivity contribution in [2.24, 2.45) is 0 Å². The number of sulfonamides is 1. The van der Waals surface area contributed by atoms with Crippen LogP contribution >= 0.6 is 23.4 Å². The molecular formula is C21H28ClN5O3S2. The van der Waals surface area contributed by atoms with Crippen LogP contribution < -0.4 is 5.32 Å². The number of rotatable bonds is 7. The summed E-state index contributed by atoms with van der Waals surface area (Å²) in [4.78, 5) is 12.8. The lowest BCUT2D eigenvalue weighted by molar-refractivity contribution is -0.113. The highest BCUT2D eigenvalue weighted by Crippen LogP contribution is 2.33. The fourth-order valence-corrected chi connectivity index (χ4v) is 6.92. The zero-order chi connectivity index (χ0) is 22.7. The van der Waals surface area contributed by atoms with Gasteiger partial charge in [-0.1, -0.05) is 42.6 Å². The lowest BCUT2D eigenvalue weighted by atomic mass is 9.95. The predicted molar refractivity (Wildman–Crippen MR) is 126 cm³/mol. The molecule has 1 saturated carbocycles. The van der Waals surface area contributed by atoms with Crippen LogP contribution in [-0.2, 0) is 14.8 Å². The molecule has 11 heteroatoms. The quantitative estimate of drug-likeness (QED) is 0.574. The molecule has 2 heterocycles. The number of nitrogens with zero attached hydrogens (tertiary/aromatic N) is 4. The normalized spacial score (nSPS) is 18.2. The van der Waals surface area contributed by atoms with Gasteiger partial charge < -0.3 is 9.88 Å². The summed E-state index contributed by atoms with van der Waals surface area (Å²) < 4.78 is 29.3. The first kappa shape index (κ1) is 23.5. The Labute approximate surface area is 198 Å². The molecule has 0 bridgehead atoms. The highest BCUT2D eigenvalue weighted by molar-refractivity contribution is 7.99. The minimum absolute atomic E-state index is 0.129. The third kappa shape index (κ3) is 5.13. The molecule has 1 aliphatic heterocycles. The molecule has 0 radical (unpaired) electrons. The van der Waals surface area contributed by atoms with E-state index in [0.29, 0.717) is 29.8 Å². The van der Waals surface area contributed by atoms with Gasteiger partial charge in [0.25, 0.3) is 0 Å². The number of carbonyl (C=O) groups excluding carboxylic acids is 1. The van der Waals surface area contributed by atoms with Crippen LogP contribution in [0.1, 0.15) is 56.8 Å². The zero-order valence-electron chi connectivity index (χ0n) is 18.1. The van der Waals surface area contributed by atoms with E-state index in [2.05, 4.69) is 20.1 Å². The van der Waals surface area contributed by atoms with Crippen molar-refractivity contribution in [1.29, 1.82) is 0 Å². The van der Waals surface area contributed by atoms with Crippen LogP contribution in [0.2, 0.25) is 5.02 Å². The van der Waals surface area contributed by atoms with Crippen molar-refractivity contribution >= 4 is 45.0 Å². The van der Waals surface area contributed by atoms with E-state index in [1.54, 1.807) is 0 Å². The van der Waals surface area contributed by atoms with Crippen molar-refractivity contribution in [2.45, 2.75) is 68.0 Å². The summed E-state index contributed by atoms with van der Waals surface area (Å²) in [6.45, 7) is 2.98. The van der Waals surface area contributed by atoms with Crippen molar-refractivity contribution < 1.29 is 13.2 Å². The highest BCUT2D eigenvalue weighted by Gasteiger charge is 2.28. The van der Waals surface area contributed by atoms with E-state index >= 15 is 0 Å². The Kier molecular flexibility index (Phi) is 7.44. The summed E-state index contributed by atoms with van der Waals surface area (Å²) in [6, 6.07) is 4.81. The van der Waals surface area contributed by atoms with Crippen LogP contribution in [0.15, 0.2) is 28.3 Å². The average Bonchev–Trinajstić information content (AvgIpc) is 3.45. The van der Waals surface area contributed by atoms with Crippen LogP contribution in [0.3, 0.4) is 0 Å². The van der Waals surface area contributed by atoms with Gasteiger partial charge in [0.05, 0.1) is 21.4 Å². The first-order valence-electron chi connectivity index (χ1n) is 11.0. The van der Waals surface area contributed by atoms with Gasteiger partial charge in [0.15, 0.2) is 5.16 Å². The molecule has 32 heavy (non-hydrogen) atoms. The number of nitrogens with one attached hydrogen (secondary N) is 1. The van der Waals surface area contributed by atoms with Crippen molar-refractivity contribution in [2.75, 3.05) is 24.2 Å². The second-order valence-electron chi connectivity index (χ2n) is 8.28. The number of amides is 1. The molecule has 0 atom stereocenters. The van der Waals surface area contributed by atoms with Gasteiger partial charge in [-0.3, -0.25) is 4.79 Å². The lowest BCUT2D eigenvalue weighted by Gasteiger charge is -2.24. The Balaban J connectivity index is 1.43. The van der Waals surface area contributed by atoms with Crippen LogP contribution in [-0.4, -0.2) is 52.2 Å². The van der Waals surface area contributed by atoms with Gasteiger partial charge >= 0.3 is 0 Å². The van der Waals surface area contributed by atoms with Crippen molar-refractivity contribution in [1.82, 2.24) is 19.1 Å². The minimum Gasteiger partial charge on any atom is -0.324 e. The molecule has 0 spiro atoms. The van der Waals surface area contributed by atoms with E-state index in [-0.39, 0.29) is 16.6 Å². The second kappa shape index (κ2) is 10.1.